The third-order valence-electron chi connectivity index (χ3n) is 0.918. The summed E-state index contributed by atoms with van der Waals surface area (Å²) in [5.41, 5.74) is 0. The van der Waals surface area contributed by atoms with Crippen molar-refractivity contribution in [1.29, 1.82) is 0 Å². The maximum atomic E-state index is 9.65. The van der Waals surface area contributed by atoms with E-state index >= 15 is 0 Å². The monoisotopic (exact) mass is 177 g/mol. The van der Waals surface area contributed by atoms with Crippen LogP contribution >= 0.6 is 0 Å². The first-order valence-electron chi connectivity index (χ1n) is 3.30. The maximum absolute atomic E-state index is 9.65. The summed E-state index contributed by atoms with van der Waals surface area (Å²) in [5, 5.41) is 17.6. The lowest BCUT2D eigenvalue weighted by molar-refractivity contribution is -0.759. The minimum absolute atomic E-state index is 0.000139. The average molecular weight is 177 g/mol. The molecule has 0 aliphatic rings. The molecule has 0 amide bonds. The molecular formula is C6H11NO5. The summed E-state index contributed by atoms with van der Waals surface area (Å²) in [6, 6.07) is 0. The standard InChI is InChI=1S/C6H11NO5/c1-2-3-11-4-6(8)5-12-7(9)10/h2,6,8H,1,3-5H2. The van der Waals surface area contributed by atoms with Gasteiger partial charge in [-0.05, 0) is 0 Å². The fourth-order valence-electron chi connectivity index (χ4n) is 0.482. The Bertz CT molecular complexity index is 149. The van der Waals surface area contributed by atoms with Gasteiger partial charge in [-0.3, -0.25) is 0 Å². The Morgan fingerprint density at radius 1 is 1.67 bits per heavy atom. The Hall–Kier alpha value is -1.14. The van der Waals surface area contributed by atoms with E-state index < -0.39 is 11.2 Å². The molecule has 12 heavy (non-hydrogen) atoms. The Labute approximate surface area is 69.5 Å². The molecule has 0 fully saturated rings. The van der Waals surface area contributed by atoms with E-state index in [1.807, 2.05) is 0 Å². The number of rotatable bonds is 7. The van der Waals surface area contributed by atoms with E-state index in [9.17, 15) is 10.1 Å². The SMILES string of the molecule is C=CCOCC(O)CO[N+](=O)[O-]. The number of hydrogen-bond acceptors (Lipinski definition) is 5. The smallest absolute Gasteiger partial charge is 0.294 e. The number of aliphatic hydroxyl groups excluding tert-OH is 1. The highest BCUT2D eigenvalue weighted by Gasteiger charge is 2.05. The molecule has 0 aliphatic carbocycles. The van der Waals surface area contributed by atoms with Gasteiger partial charge in [0.15, 0.2) is 0 Å². The lowest BCUT2D eigenvalue weighted by atomic mass is 10.4. The predicted molar refractivity (Wildman–Crippen MR) is 40.0 cm³/mol. The van der Waals surface area contributed by atoms with Crippen LogP contribution in [0.5, 0.6) is 0 Å². The van der Waals surface area contributed by atoms with Gasteiger partial charge in [0.25, 0.3) is 5.09 Å². The van der Waals surface area contributed by atoms with Crippen LogP contribution in [0.1, 0.15) is 0 Å². The van der Waals surface area contributed by atoms with Crippen molar-refractivity contribution in [2.45, 2.75) is 6.10 Å². The molecule has 0 saturated heterocycles. The molecule has 6 heteroatoms. The number of ether oxygens (including phenoxy) is 1. The first kappa shape index (κ1) is 10.9. The highest BCUT2D eigenvalue weighted by atomic mass is 17.0. The molecular weight excluding hydrogens is 166 g/mol. The van der Waals surface area contributed by atoms with E-state index in [-0.39, 0.29) is 13.2 Å². The van der Waals surface area contributed by atoms with Gasteiger partial charge >= 0.3 is 0 Å². The van der Waals surface area contributed by atoms with Crippen LogP contribution in [0.4, 0.5) is 0 Å². The van der Waals surface area contributed by atoms with Gasteiger partial charge in [-0.25, -0.2) is 0 Å². The minimum Gasteiger partial charge on any atom is -0.389 e. The van der Waals surface area contributed by atoms with Crippen LogP contribution in [0, 0.1) is 10.1 Å². The normalized spacial score (nSPS) is 12.1. The quantitative estimate of drug-likeness (QED) is 0.251. The van der Waals surface area contributed by atoms with Gasteiger partial charge in [-0.15, -0.1) is 16.7 Å². The van der Waals surface area contributed by atoms with Gasteiger partial charge < -0.3 is 14.7 Å². The van der Waals surface area contributed by atoms with Crippen LogP contribution in [0.25, 0.3) is 0 Å². The highest BCUT2D eigenvalue weighted by molar-refractivity contribution is 4.64. The van der Waals surface area contributed by atoms with Crippen molar-refractivity contribution in [2.24, 2.45) is 0 Å². The summed E-state index contributed by atoms with van der Waals surface area (Å²) in [6.07, 6.45) is 0.538. The predicted octanol–water partition coefficient (Wildman–Crippen LogP) is -0.242. The topological polar surface area (TPSA) is 81.8 Å². The third kappa shape index (κ3) is 6.97. The Morgan fingerprint density at radius 3 is 2.83 bits per heavy atom. The molecule has 1 unspecified atom stereocenters. The first-order chi connectivity index (χ1) is 5.66. The molecule has 0 spiro atoms. The van der Waals surface area contributed by atoms with Crippen molar-refractivity contribution >= 4 is 0 Å². The second-order valence-corrected chi connectivity index (χ2v) is 2.00. The zero-order valence-electron chi connectivity index (χ0n) is 6.51. The van der Waals surface area contributed by atoms with Gasteiger partial charge in [0.05, 0.1) is 13.2 Å². The van der Waals surface area contributed by atoms with Crippen molar-refractivity contribution < 1.29 is 19.8 Å². The van der Waals surface area contributed by atoms with Crippen molar-refractivity contribution in [3.63, 3.8) is 0 Å². The second-order valence-electron chi connectivity index (χ2n) is 2.00. The molecule has 0 aromatic rings. The summed E-state index contributed by atoms with van der Waals surface area (Å²) in [6.45, 7) is 3.32. The molecule has 1 atom stereocenters. The minimum atomic E-state index is -0.977. The van der Waals surface area contributed by atoms with Crippen molar-refractivity contribution in [3.8, 4) is 0 Å². The molecule has 6 nitrogen and oxygen atoms in total. The van der Waals surface area contributed by atoms with Crippen molar-refractivity contribution in [3.05, 3.63) is 22.8 Å². The lowest BCUT2D eigenvalue weighted by Gasteiger charge is -2.07. The summed E-state index contributed by atoms with van der Waals surface area (Å²) >= 11 is 0. The fourth-order valence-corrected chi connectivity index (χ4v) is 0.482. The van der Waals surface area contributed by atoms with Crippen LogP contribution in [0.3, 0.4) is 0 Å². The number of aliphatic hydroxyl groups is 1. The zero-order valence-corrected chi connectivity index (χ0v) is 6.51. The highest BCUT2D eigenvalue weighted by Crippen LogP contribution is 1.87. The molecule has 0 aromatic carbocycles. The van der Waals surface area contributed by atoms with E-state index in [4.69, 9.17) is 9.84 Å². The molecule has 1 N–H and O–H groups in total. The number of nitrogens with zero attached hydrogens (tertiary/aromatic N) is 1. The van der Waals surface area contributed by atoms with Crippen LogP contribution in [-0.4, -0.2) is 36.1 Å². The Morgan fingerprint density at radius 2 is 2.33 bits per heavy atom. The van der Waals surface area contributed by atoms with Crippen LogP contribution in [0.2, 0.25) is 0 Å². The largest absolute Gasteiger partial charge is 0.389 e. The van der Waals surface area contributed by atoms with Gasteiger partial charge in [0.1, 0.15) is 12.7 Å². The summed E-state index contributed by atoms with van der Waals surface area (Å²) in [5.74, 6) is 0. The molecule has 0 aromatic heterocycles. The van der Waals surface area contributed by atoms with E-state index in [1.54, 1.807) is 0 Å². The maximum Gasteiger partial charge on any atom is 0.294 e. The second kappa shape index (κ2) is 6.56. The van der Waals surface area contributed by atoms with Crippen LogP contribution < -0.4 is 0 Å². The molecule has 0 bridgehead atoms. The molecule has 0 heterocycles. The third-order valence-corrected chi connectivity index (χ3v) is 0.918. The Balaban J connectivity index is 3.26. The fraction of sp³-hybridized carbons (Fsp3) is 0.667. The number of hydrogen-bond donors (Lipinski definition) is 1. The van der Waals surface area contributed by atoms with E-state index in [2.05, 4.69) is 11.4 Å². The molecule has 0 rings (SSSR count). The van der Waals surface area contributed by atoms with Crippen molar-refractivity contribution in [1.82, 2.24) is 0 Å². The molecule has 0 aliphatic heterocycles. The van der Waals surface area contributed by atoms with E-state index in [1.165, 1.54) is 6.08 Å². The van der Waals surface area contributed by atoms with Crippen LogP contribution in [0.15, 0.2) is 12.7 Å². The van der Waals surface area contributed by atoms with Gasteiger partial charge in [-0.2, -0.15) is 0 Å². The van der Waals surface area contributed by atoms with E-state index in [0.717, 1.165) is 0 Å². The first-order valence-corrected chi connectivity index (χ1v) is 3.30. The molecule has 70 valence electrons. The lowest BCUT2D eigenvalue weighted by Crippen LogP contribution is -2.23. The Kier molecular flexibility index (Phi) is 5.94. The summed E-state index contributed by atoms with van der Waals surface area (Å²) in [7, 11) is 0. The average Bonchev–Trinajstić information content (AvgIpc) is 2.01. The van der Waals surface area contributed by atoms with Crippen molar-refractivity contribution in [2.75, 3.05) is 19.8 Å². The summed E-state index contributed by atoms with van der Waals surface area (Å²) < 4.78 is 4.81. The van der Waals surface area contributed by atoms with Crippen LogP contribution in [-0.2, 0) is 9.57 Å². The molecule has 0 radical (unpaired) electrons. The molecule has 0 saturated carbocycles. The van der Waals surface area contributed by atoms with Gasteiger partial charge in [0.2, 0.25) is 0 Å². The van der Waals surface area contributed by atoms with Gasteiger partial charge in [-0.1, -0.05) is 6.08 Å². The summed E-state index contributed by atoms with van der Waals surface area (Å²) in [4.78, 5) is 13.5. The van der Waals surface area contributed by atoms with E-state index in [0.29, 0.717) is 6.61 Å². The zero-order chi connectivity index (χ0) is 9.40. The van der Waals surface area contributed by atoms with Gasteiger partial charge in [0, 0.05) is 0 Å².